The van der Waals surface area contributed by atoms with Crippen molar-refractivity contribution < 1.29 is 4.39 Å². The van der Waals surface area contributed by atoms with E-state index in [0.29, 0.717) is 17.1 Å². The van der Waals surface area contributed by atoms with Crippen LogP contribution in [0.4, 0.5) is 4.39 Å². The predicted molar refractivity (Wildman–Crippen MR) is 86.5 cm³/mol. The summed E-state index contributed by atoms with van der Waals surface area (Å²) in [5.41, 5.74) is 2.46. The van der Waals surface area contributed by atoms with Crippen LogP contribution >= 0.6 is 27.5 Å². The molecule has 0 aliphatic carbocycles. The zero-order valence-electron chi connectivity index (χ0n) is 11.2. The molecule has 0 spiro atoms. The zero-order chi connectivity index (χ0) is 14.5. The van der Waals surface area contributed by atoms with Crippen molar-refractivity contribution in [3.8, 4) is 11.1 Å². The molecule has 2 aromatic carbocycles. The first-order valence-corrected chi connectivity index (χ1v) is 7.73. The minimum atomic E-state index is -0.229. The smallest absolute Gasteiger partial charge is 0.131 e. The van der Waals surface area contributed by atoms with Crippen molar-refractivity contribution in [3.05, 3.63) is 57.3 Å². The summed E-state index contributed by atoms with van der Waals surface area (Å²) in [6.45, 7) is 3.71. The summed E-state index contributed by atoms with van der Waals surface area (Å²) in [6, 6.07) is 10.5. The Bertz CT molecular complexity index is 601. The molecule has 0 saturated carbocycles. The van der Waals surface area contributed by atoms with Gasteiger partial charge in [-0.05, 0) is 54.4 Å². The highest BCUT2D eigenvalue weighted by atomic mass is 79.9. The Balaban J connectivity index is 2.41. The standard InChI is InChI=1S/C16H16BrClFN/c1-2-7-20-10-11-8-13(18)4-5-14(11)15-9-12(17)3-6-16(15)19/h3-6,8-9,20H,2,7,10H2,1H3. The van der Waals surface area contributed by atoms with Gasteiger partial charge in [0.15, 0.2) is 0 Å². The lowest BCUT2D eigenvalue weighted by atomic mass is 9.99. The molecule has 1 nitrogen and oxygen atoms in total. The van der Waals surface area contributed by atoms with E-state index < -0.39 is 0 Å². The van der Waals surface area contributed by atoms with Gasteiger partial charge in [-0.3, -0.25) is 0 Å². The molecule has 2 aromatic rings. The van der Waals surface area contributed by atoms with Gasteiger partial charge in [0.2, 0.25) is 0 Å². The van der Waals surface area contributed by atoms with E-state index in [4.69, 9.17) is 11.6 Å². The molecule has 0 fully saturated rings. The molecule has 20 heavy (non-hydrogen) atoms. The van der Waals surface area contributed by atoms with Crippen LogP contribution in [0.2, 0.25) is 5.02 Å². The lowest BCUT2D eigenvalue weighted by Gasteiger charge is -2.12. The summed E-state index contributed by atoms with van der Waals surface area (Å²) < 4.78 is 14.9. The molecule has 1 N–H and O–H groups in total. The molecule has 0 heterocycles. The van der Waals surface area contributed by atoms with Crippen molar-refractivity contribution >= 4 is 27.5 Å². The first-order valence-electron chi connectivity index (χ1n) is 6.56. The van der Waals surface area contributed by atoms with E-state index in [9.17, 15) is 4.39 Å². The van der Waals surface area contributed by atoms with E-state index in [2.05, 4.69) is 28.2 Å². The van der Waals surface area contributed by atoms with Crippen LogP contribution < -0.4 is 5.32 Å². The monoisotopic (exact) mass is 355 g/mol. The van der Waals surface area contributed by atoms with Crippen LogP contribution in [0, 0.1) is 5.82 Å². The first kappa shape index (κ1) is 15.5. The zero-order valence-corrected chi connectivity index (χ0v) is 13.6. The minimum Gasteiger partial charge on any atom is -0.313 e. The summed E-state index contributed by atoms with van der Waals surface area (Å²) >= 11 is 9.45. The second kappa shape index (κ2) is 7.21. The molecule has 2 rings (SSSR count). The summed E-state index contributed by atoms with van der Waals surface area (Å²) in [6.07, 6.45) is 1.06. The molecule has 0 aliphatic heterocycles. The number of hydrogen-bond donors (Lipinski definition) is 1. The van der Waals surface area contributed by atoms with Crippen molar-refractivity contribution in [2.75, 3.05) is 6.54 Å². The van der Waals surface area contributed by atoms with Gasteiger partial charge in [-0.15, -0.1) is 0 Å². The third-order valence-electron chi connectivity index (χ3n) is 3.03. The highest BCUT2D eigenvalue weighted by Gasteiger charge is 2.11. The maximum atomic E-state index is 14.0. The lowest BCUT2D eigenvalue weighted by molar-refractivity contribution is 0.630. The van der Waals surface area contributed by atoms with Crippen LogP contribution in [0.25, 0.3) is 11.1 Å². The predicted octanol–water partition coefficient (Wildman–Crippen LogP) is 5.41. The summed E-state index contributed by atoms with van der Waals surface area (Å²) in [5.74, 6) is -0.229. The summed E-state index contributed by atoms with van der Waals surface area (Å²) in [7, 11) is 0. The molecule has 0 atom stereocenters. The Morgan fingerprint density at radius 2 is 1.95 bits per heavy atom. The summed E-state index contributed by atoms with van der Waals surface area (Å²) in [5, 5.41) is 3.99. The molecule has 0 saturated heterocycles. The Labute approximate surface area is 132 Å². The van der Waals surface area contributed by atoms with Crippen molar-refractivity contribution in [1.29, 1.82) is 0 Å². The molecule has 4 heteroatoms. The van der Waals surface area contributed by atoms with E-state index in [0.717, 1.165) is 28.6 Å². The normalized spacial score (nSPS) is 10.8. The Hall–Kier alpha value is -0.900. The van der Waals surface area contributed by atoms with Crippen LogP contribution in [0.5, 0.6) is 0 Å². The molecular formula is C16H16BrClFN. The average Bonchev–Trinajstić information content (AvgIpc) is 2.42. The van der Waals surface area contributed by atoms with Crippen LogP contribution in [-0.4, -0.2) is 6.54 Å². The topological polar surface area (TPSA) is 12.0 Å². The number of nitrogens with one attached hydrogen (secondary N) is 1. The van der Waals surface area contributed by atoms with Crippen molar-refractivity contribution in [1.82, 2.24) is 5.32 Å². The van der Waals surface area contributed by atoms with Crippen LogP contribution in [0.1, 0.15) is 18.9 Å². The van der Waals surface area contributed by atoms with E-state index in [1.165, 1.54) is 6.07 Å². The lowest BCUT2D eigenvalue weighted by Crippen LogP contribution is -2.14. The van der Waals surface area contributed by atoms with Crippen LogP contribution in [-0.2, 0) is 6.54 Å². The molecule has 0 bridgehead atoms. The van der Waals surface area contributed by atoms with Gasteiger partial charge in [0.25, 0.3) is 0 Å². The third kappa shape index (κ3) is 3.81. The van der Waals surface area contributed by atoms with Gasteiger partial charge in [0.1, 0.15) is 5.82 Å². The minimum absolute atomic E-state index is 0.229. The van der Waals surface area contributed by atoms with E-state index in [1.807, 2.05) is 12.1 Å². The maximum Gasteiger partial charge on any atom is 0.131 e. The second-order valence-electron chi connectivity index (χ2n) is 4.60. The molecule has 0 unspecified atom stereocenters. The highest BCUT2D eigenvalue weighted by molar-refractivity contribution is 9.10. The second-order valence-corrected chi connectivity index (χ2v) is 5.95. The first-order chi connectivity index (χ1) is 9.61. The fraction of sp³-hybridized carbons (Fsp3) is 0.250. The van der Waals surface area contributed by atoms with Gasteiger partial charge in [0.05, 0.1) is 0 Å². The van der Waals surface area contributed by atoms with E-state index in [1.54, 1.807) is 18.2 Å². The van der Waals surface area contributed by atoms with E-state index in [-0.39, 0.29) is 5.82 Å². The van der Waals surface area contributed by atoms with Gasteiger partial charge in [0, 0.05) is 21.6 Å². The molecule has 0 radical (unpaired) electrons. The number of halogens is 3. The number of benzene rings is 2. The van der Waals surface area contributed by atoms with Gasteiger partial charge in [-0.25, -0.2) is 4.39 Å². The molecule has 0 aromatic heterocycles. The fourth-order valence-corrected chi connectivity index (χ4v) is 2.63. The number of rotatable bonds is 5. The SMILES string of the molecule is CCCNCc1cc(Cl)ccc1-c1cc(Br)ccc1F. The Morgan fingerprint density at radius 1 is 1.15 bits per heavy atom. The van der Waals surface area contributed by atoms with Crippen molar-refractivity contribution in [2.45, 2.75) is 19.9 Å². The third-order valence-corrected chi connectivity index (χ3v) is 3.76. The Morgan fingerprint density at radius 3 is 2.70 bits per heavy atom. The van der Waals surface area contributed by atoms with Crippen molar-refractivity contribution in [3.63, 3.8) is 0 Å². The quantitative estimate of drug-likeness (QED) is 0.706. The highest BCUT2D eigenvalue weighted by Crippen LogP contribution is 2.30. The van der Waals surface area contributed by atoms with Crippen LogP contribution in [0.3, 0.4) is 0 Å². The largest absolute Gasteiger partial charge is 0.313 e. The van der Waals surface area contributed by atoms with Crippen molar-refractivity contribution in [2.24, 2.45) is 0 Å². The van der Waals surface area contributed by atoms with Gasteiger partial charge in [-0.1, -0.05) is 40.5 Å². The molecular weight excluding hydrogens is 341 g/mol. The number of hydrogen-bond acceptors (Lipinski definition) is 1. The maximum absolute atomic E-state index is 14.0. The van der Waals surface area contributed by atoms with Gasteiger partial charge in [-0.2, -0.15) is 0 Å². The molecule has 0 aliphatic rings. The van der Waals surface area contributed by atoms with Gasteiger partial charge >= 0.3 is 0 Å². The molecule has 106 valence electrons. The van der Waals surface area contributed by atoms with Crippen LogP contribution in [0.15, 0.2) is 40.9 Å². The fourth-order valence-electron chi connectivity index (χ4n) is 2.08. The average molecular weight is 357 g/mol. The molecule has 0 amide bonds. The summed E-state index contributed by atoms with van der Waals surface area (Å²) in [4.78, 5) is 0. The Kier molecular flexibility index (Phi) is 5.58. The van der Waals surface area contributed by atoms with E-state index >= 15 is 0 Å². The van der Waals surface area contributed by atoms with Gasteiger partial charge < -0.3 is 5.32 Å².